The minimum absolute atomic E-state index is 0.0380. The number of fused-ring (bicyclic) bond motifs is 2. The molecule has 6 fully saturated rings. The number of anilines is 1. The Hall–Kier alpha value is -3.16. The van der Waals surface area contributed by atoms with Crippen molar-refractivity contribution >= 4 is 92.2 Å². The summed E-state index contributed by atoms with van der Waals surface area (Å²) in [5.74, 6) is 0.636. The van der Waals surface area contributed by atoms with Gasteiger partial charge in [0.15, 0.2) is 46.4 Å². The molecule has 2 aliphatic heterocycles. The second-order valence-corrected chi connectivity index (χ2v) is 32.9. The van der Waals surface area contributed by atoms with E-state index in [1.54, 1.807) is 24.3 Å². The predicted octanol–water partition coefficient (Wildman–Crippen LogP) is 12.4. The summed E-state index contributed by atoms with van der Waals surface area (Å²) in [6, 6.07) is 9.55. The Morgan fingerprint density at radius 2 is 0.853 bits per heavy atom. The van der Waals surface area contributed by atoms with Crippen molar-refractivity contribution in [2.75, 3.05) is 46.0 Å². The number of likely N-dealkylation sites (tertiary alicyclic amines) is 2. The van der Waals surface area contributed by atoms with Crippen LogP contribution in [0.3, 0.4) is 0 Å². The van der Waals surface area contributed by atoms with Crippen molar-refractivity contribution in [3.63, 3.8) is 0 Å². The van der Waals surface area contributed by atoms with Crippen LogP contribution in [-0.4, -0.2) is 106 Å². The van der Waals surface area contributed by atoms with Crippen molar-refractivity contribution in [2.24, 2.45) is 16.2 Å². The van der Waals surface area contributed by atoms with Gasteiger partial charge in [0.25, 0.3) is 0 Å². The van der Waals surface area contributed by atoms with E-state index >= 15 is 0 Å². The molecule has 4 aliphatic carbocycles. The second-order valence-electron chi connectivity index (χ2n) is 25.2. The molecule has 0 unspecified atom stereocenters. The Balaban J connectivity index is 0.000000139. The Bertz CT molecular complexity index is 3300. The smallest absolute Gasteiger partial charge is 0.200 e. The SMILES string of the molecule is CC(C)(C)c1nc2ccc(Cl)c(S(=O)(=O)C3CC4(CCCCC4)C3)c2o1.CN1CCC2(CC1)CC(S(=O)(=O)c1c(Cl)ccc(N)c1O)C2.CN1CCC2(CC1)CC(S(=O)(=O)c1c(Cl)ccc3nc(C(C)(C)C)oc13)C2. The molecular weight excluding hydrogens is 1080 g/mol. The molecule has 2 saturated heterocycles. The Morgan fingerprint density at radius 3 is 1.21 bits per heavy atom. The van der Waals surface area contributed by atoms with Gasteiger partial charge in [-0.1, -0.05) is 95.6 Å². The molecule has 5 aromatic rings. The summed E-state index contributed by atoms with van der Waals surface area (Å²) in [5, 5.41) is 9.31. The number of rotatable bonds is 6. The molecule has 3 aromatic carbocycles. The minimum Gasteiger partial charge on any atom is -0.504 e. The number of hydrogen-bond acceptors (Lipinski definition) is 14. The van der Waals surface area contributed by atoms with Gasteiger partial charge in [-0.2, -0.15) is 0 Å². The fourth-order valence-corrected chi connectivity index (χ4v) is 20.6. The largest absolute Gasteiger partial charge is 0.504 e. The molecule has 3 spiro atoms. The van der Waals surface area contributed by atoms with Gasteiger partial charge in [-0.05, 0) is 170 Å². The number of halogens is 3. The first kappa shape index (κ1) is 56.6. The molecule has 0 radical (unpaired) electrons. The quantitative estimate of drug-likeness (QED) is 0.120. The van der Waals surface area contributed by atoms with E-state index in [4.69, 9.17) is 49.4 Å². The maximum atomic E-state index is 13.4. The van der Waals surface area contributed by atoms with Crippen molar-refractivity contribution in [3.05, 3.63) is 63.2 Å². The van der Waals surface area contributed by atoms with Crippen LogP contribution in [0.2, 0.25) is 15.1 Å². The zero-order chi connectivity index (χ0) is 54.5. The molecule has 2 aromatic heterocycles. The highest BCUT2D eigenvalue weighted by Gasteiger charge is 2.54. The second kappa shape index (κ2) is 20.2. The lowest BCUT2D eigenvalue weighted by atomic mass is 9.60. The van der Waals surface area contributed by atoms with E-state index < -0.39 is 40.5 Å². The van der Waals surface area contributed by atoms with E-state index in [2.05, 4.69) is 33.9 Å². The number of aromatic hydroxyl groups is 1. The monoisotopic (exact) mass is 1150 g/mol. The highest BCUT2D eigenvalue weighted by Crippen LogP contribution is 2.57. The summed E-state index contributed by atoms with van der Waals surface area (Å²) in [4.78, 5) is 13.6. The van der Waals surface area contributed by atoms with Crippen LogP contribution in [0.25, 0.3) is 22.2 Å². The lowest BCUT2D eigenvalue weighted by molar-refractivity contribution is 0.0464. The summed E-state index contributed by atoms with van der Waals surface area (Å²) in [5.41, 5.74) is 7.36. The first-order valence-corrected chi connectivity index (χ1v) is 32.2. The van der Waals surface area contributed by atoms with Crippen molar-refractivity contribution in [3.8, 4) is 5.75 Å². The van der Waals surface area contributed by atoms with Crippen LogP contribution in [0, 0.1) is 16.2 Å². The highest BCUT2D eigenvalue weighted by atomic mass is 35.5. The fraction of sp³-hybridized carbons (Fsp3) is 0.636. The van der Waals surface area contributed by atoms with Gasteiger partial charge in [-0.25, -0.2) is 35.2 Å². The summed E-state index contributed by atoms with van der Waals surface area (Å²) in [6.45, 7) is 16.1. The molecule has 75 heavy (non-hydrogen) atoms. The highest BCUT2D eigenvalue weighted by molar-refractivity contribution is 7.93. The number of oxazole rings is 2. The van der Waals surface area contributed by atoms with Gasteiger partial charge in [-0.15, -0.1) is 0 Å². The number of piperidine rings is 2. The van der Waals surface area contributed by atoms with Gasteiger partial charge in [0, 0.05) is 10.8 Å². The van der Waals surface area contributed by atoms with Gasteiger partial charge in [0.2, 0.25) is 11.8 Å². The first-order valence-electron chi connectivity index (χ1n) is 26.4. The van der Waals surface area contributed by atoms with Gasteiger partial charge < -0.3 is 29.5 Å². The lowest BCUT2D eigenvalue weighted by Crippen LogP contribution is -2.50. The van der Waals surface area contributed by atoms with E-state index in [-0.39, 0.29) is 73.0 Å². The van der Waals surface area contributed by atoms with Crippen LogP contribution >= 0.6 is 34.8 Å². The standard InChI is InChI=1S/C20H27ClN2O3S.C20H26ClNO3S.C15H21ClN2O3S/c1-19(2,3)18-22-15-6-5-14(21)17(16(15)26-18)27(24,25)13-11-20(12-13)7-9-23(4)10-8-20;1-19(2,3)18-22-15-8-7-14(21)17(16(15)25-18)26(23,24)13-11-20(12-13)9-5-4-6-10-20;1-18-6-4-15(5-7-18)8-10(9-15)22(20,21)14-11(16)2-3-12(17)13(14)19/h5-6,13H,7-12H2,1-4H3;7-8,13H,4-6,9-12H2,1-3H3;2-3,10,19H,4-9,17H2,1H3. The Labute approximate surface area is 458 Å². The zero-order valence-corrected chi connectivity index (χ0v) is 49.3. The van der Waals surface area contributed by atoms with Crippen LogP contribution in [-0.2, 0) is 40.3 Å². The third kappa shape index (κ3) is 10.9. The van der Waals surface area contributed by atoms with E-state index in [1.807, 2.05) is 41.5 Å². The van der Waals surface area contributed by atoms with E-state index in [9.17, 15) is 30.4 Å². The number of aromatic nitrogens is 2. The predicted molar refractivity (Wildman–Crippen MR) is 297 cm³/mol. The fourth-order valence-electron chi connectivity index (χ4n) is 12.5. The maximum absolute atomic E-state index is 13.4. The van der Waals surface area contributed by atoms with Crippen LogP contribution in [0.1, 0.15) is 150 Å². The van der Waals surface area contributed by atoms with Crippen LogP contribution < -0.4 is 5.73 Å². The Kier molecular flexibility index (Phi) is 15.2. The number of nitrogens with zero attached hydrogens (tertiary/aromatic N) is 4. The molecule has 412 valence electrons. The zero-order valence-electron chi connectivity index (χ0n) is 44.6. The molecule has 0 amide bonds. The number of benzene rings is 3. The minimum atomic E-state index is -3.65. The summed E-state index contributed by atoms with van der Waals surface area (Å²) in [6.07, 6.45) is 14.5. The number of hydrogen-bond donors (Lipinski definition) is 2. The first-order chi connectivity index (χ1) is 34.9. The maximum Gasteiger partial charge on any atom is 0.200 e. The normalized spacial score (nSPS) is 21.8. The number of nitrogens with two attached hydrogens (primary N) is 1. The molecular formula is C55H74Cl3N5O9S3. The molecule has 6 aliphatic rings. The van der Waals surface area contributed by atoms with E-state index in [0.717, 1.165) is 90.4 Å². The molecule has 0 bridgehead atoms. The third-order valence-corrected chi connectivity index (χ3v) is 25.3. The van der Waals surface area contributed by atoms with E-state index in [1.165, 1.54) is 31.4 Å². The molecule has 4 saturated carbocycles. The number of nitrogen functional groups attached to an aromatic ring is 1. The average molecular weight is 1150 g/mol. The van der Waals surface area contributed by atoms with Gasteiger partial charge in [0.1, 0.15) is 25.7 Å². The van der Waals surface area contributed by atoms with Crippen LogP contribution in [0.4, 0.5) is 5.69 Å². The average Bonchev–Trinajstić information content (AvgIpc) is 3.95. The van der Waals surface area contributed by atoms with Gasteiger partial charge in [0.05, 0.1) is 36.5 Å². The molecule has 14 nitrogen and oxygen atoms in total. The lowest BCUT2D eigenvalue weighted by Gasteiger charge is -2.51. The molecule has 4 heterocycles. The van der Waals surface area contributed by atoms with Crippen molar-refractivity contribution in [2.45, 2.75) is 179 Å². The molecule has 11 rings (SSSR count). The van der Waals surface area contributed by atoms with E-state index in [0.29, 0.717) is 46.8 Å². The van der Waals surface area contributed by atoms with Crippen LogP contribution in [0.5, 0.6) is 5.75 Å². The number of sulfone groups is 3. The molecule has 20 heteroatoms. The van der Waals surface area contributed by atoms with Crippen molar-refractivity contribution in [1.82, 2.24) is 19.8 Å². The summed E-state index contributed by atoms with van der Waals surface area (Å²) >= 11 is 18.7. The molecule has 3 N–H and O–H groups in total. The van der Waals surface area contributed by atoms with Gasteiger partial charge >= 0.3 is 0 Å². The summed E-state index contributed by atoms with van der Waals surface area (Å²) < 4.78 is 91.0. The van der Waals surface area contributed by atoms with Crippen molar-refractivity contribution in [1.29, 1.82) is 0 Å². The van der Waals surface area contributed by atoms with Crippen LogP contribution in [0.15, 0.2) is 59.9 Å². The van der Waals surface area contributed by atoms with Crippen molar-refractivity contribution < 1.29 is 39.2 Å². The Morgan fingerprint density at radius 1 is 0.533 bits per heavy atom. The molecule has 0 atom stereocenters. The summed E-state index contributed by atoms with van der Waals surface area (Å²) in [7, 11) is -6.53. The topological polar surface area (TPSA) is 207 Å². The third-order valence-electron chi connectivity index (χ3n) is 17.5. The number of phenols is 1. The van der Waals surface area contributed by atoms with Gasteiger partial charge in [-0.3, -0.25) is 0 Å². The number of phenolic OH excluding ortho intramolecular Hbond substituents is 1.